The molecule has 0 unspecified atom stereocenters. The highest BCUT2D eigenvalue weighted by Crippen LogP contribution is 2.19. The number of nitrogens with zero attached hydrogens (tertiary/aromatic N) is 4. The lowest BCUT2D eigenvalue weighted by atomic mass is 10.1. The van der Waals surface area contributed by atoms with Gasteiger partial charge < -0.3 is 10.0 Å². The molecule has 2 heterocycles. The zero-order chi connectivity index (χ0) is 16.1. The van der Waals surface area contributed by atoms with Crippen molar-refractivity contribution in [2.75, 3.05) is 37.6 Å². The fourth-order valence-corrected chi connectivity index (χ4v) is 2.63. The zero-order valence-corrected chi connectivity index (χ0v) is 13.7. The van der Waals surface area contributed by atoms with E-state index in [9.17, 15) is 4.79 Å². The lowest BCUT2D eigenvalue weighted by Crippen LogP contribution is -2.48. The van der Waals surface area contributed by atoms with E-state index in [4.69, 9.17) is 10.1 Å². The Labute approximate surface area is 132 Å². The smallest absolute Gasteiger partial charge is 0.317 e. The Kier molecular flexibility index (Phi) is 5.71. The first-order chi connectivity index (χ1) is 10.5. The van der Waals surface area contributed by atoms with Gasteiger partial charge in [0.2, 0.25) is 0 Å². The van der Waals surface area contributed by atoms with Gasteiger partial charge in [0.1, 0.15) is 11.6 Å². The van der Waals surface area contributed by atoms with Gasteiger partial charge in [0.15, 0.2) is 0 Å². The summed E-state index contributed by atoms with van der Waals surface area (Å²) in [5.74, 6) is 1.43. The summed E-state index contributed by atoms with van der Waals surface area (Å²) in [7, 11) is 0. The van der Waals surface area contributed by atoms with Crippen molar-refractivity contribution < 1.29 is 9.90 Å². The monoisotopic (exact) mass is 306 g/mol. The van der Waals surface area contributed by atoms with Crippen molar-refractivity contribution in [2.24, 2.45) is 0 Å². The molecule has 1 aromatic rings. The molecule has 1 N–H and O–H groups in total. The molecule has 0 spiro atoms. The number of carbonyl (C=O) groups is 1. The van der Waals surface area contributed by atoms with Gasteiger partial charge >= 0.3 is 5.97 Å². The zero-order valence-electron chi connectivity index (χ0n) is 13.7. The molecule has 6 heteroatoms. The summed E-state index contributed by atoms with van der Waals surface area (Å²) >= 11 is 0. The van der Waals surface area contributed by atoms with Crippen molar-refractivity contribution >= 4 is 11.8 Å². The molecule has 2 rings (SSSR count). The second kappa shape index (κ2) is 7.54. The number of piperazine rings is 1. The second-order valence-corrected chi connectivity index (χ2v) is 6.14. The maximum Gasteiger partial charge on any atom is 0.317 e. The highest BCUT2D eigenvalue weighted by molar-refractivity contribution is 5.69. The van der Waals surface area contributed by atoms with Crippen LogP contribution in [0.4, 0.5) is 5.82 Å². The lowest BCUT2D eigenvalue weighted by Gasteiger charge is -2.34. The molecule has 1 aromatic heterocycles. The molecule has 6 nitrogen and oxygen atoms in total. The number of hydrogen-bond donors (Lipinski definition) is 1. The van der Waals surface area contributed by atoms with Crippen LogP contribution in [0.5, 0.6) is 0 Å². The van der Waals surface area contributed by atoms with Gasteiger partial charge in [0.05, 0.1) is 6.54 Å². The summed E-state index contributed by atoms with van der Waals surface area (Å²) in [5, 5.41) is 8.87. The minimum absolute atomic E-state index is 0.121. The topological polar surface area (TPSA) is 69.6 Å². The van der Waals surface area contributed by atoms with Crippen molar-refractivity contribution in [1.29, 1.82) is 0 Å². The highest BCUT2D eigenvalue weighted by atomic mass is 16.4. The number of carboxylic acid groups (broad SMARTS) is 1. The number of aromatic nitrogens is 2. The van der Waals surface area contributed by atoms with Crippen molar-refractivity contribution in [3.8, 4) is 0 Å². The van der Waals surface area contributed by atoms with Crippen LogP contribution in [-0.4, -0.2) is 58.7 Å². The van der Waals surface area contributed by atoms with Gasteiger partial charge in [-0.2, -0.15) is 0 Å². The Morgan fingerprint density at radius 3 is 2.50 bits per heavy atom. The number of aliphatic carboxylic acids is 1. The van der Waals surface area contributed by atoms with Crippen molar-refractivity contribution in [2.45, 2.75) is 39.5 Å². The van der Waals surface area contributed by atoms with E-state index in [-0.39, 0.29) is 6.54 Å². The van der Waals surface area contributed by atoms with Crippen LogP contribution in [0.2, 0.25) is 0 Å². The summed E-state index contributed by atoms with van der Waals surface area (Å²) in [6, 6.07) is 2.09. The van der Waals surface area contributed by atoms with Gasteiger partial charge in [-0.3, -0.25) is 9.69 Å². The normalized spacial score (nSPS) is 16.3. The molecule has 122 valence electrons. The Morgan fingerprint density at radius 1 is 1.27 bits per heavy atom. The van der Waals surface area contributed by atoms with Gasteiger partial charge in [-0.15, -0.1) is 0 Å². The number of rotatable bonds is 6. The van der Waals surface area contributed by atoms with Gasteiger partial charge in [-0.25, -0.2) is 9.97 Å². The fraction of sp³-hybridized carbons (Fsp3) is 0.688. The lowest BCUT2D eigenvalue weighted by molar-refractivity contribution is -0.138. The first-order valence-electron chi connectivity index (χ1n) is 8.06. The van der Waals surface area contributed by atoms with E-state index in [1.807, 2.05) is 4.90 Å². The van der Waals surface area contributed by atoms with Gasteiger partial charge in [-0.1, -0.05) is 27.2 Å². The Hall–Kier alpha value is -1.69. The maximum absolute atomic E-state index is 10.8. The molecule has 1 saturated heterocycles. The Bertz CT molecular complexity index is 511. The van der Waals surface area contributed by atoms with Gasteiger partial charge in [0.25, 0.3) is 0 Å². The summed E-state index contributed by atoms with van der Waals surface area (Å²) in [5.41, 5.74) is 1.10. The predicted molar refractivity (Wildman–Crippen MR) is 86.4 cm³/mol. The van der Waals surface area contributed by atoms with E-state index in [0.717, 1.165) is 56.4 Å². The number of hydrogen-bond acceptors (Lipinski definition) is 5. The first kappa shape index (κ1) is 16.7. The van der Waals surface area contributed by atoms with Gasteiger partial charge in [0, 0.05) is 43.9 Å². The molecule has 0 atom stereocenters. The van der Waals surface area contributed by atoms with Crippen LogP contribution in [-0.2, 0) is 11.2 Å². The molecule has 0 aromatic carbocycles. The second-order valence-electron chi connectivity index (χ2n) is 6.14. The third kappa shape index (κ3) is 4.40. The molecular formula is C16H26N4O2. The van der Waals surface area contributed by atoms with Crippen LogP contribution in [0.1, 0.15) is 44.6 Å². The Morgan fingerprint density at radius 2 is 1.95 bits per heavy atom. The minimum Gasteiger partial charge on any atom is -0.480 e. The minimum atomic E-state index is -0.761. The van der Waals surface area contributed by atoms with Crippen LogP contribution >= 0.6 is 0 Å². The molecule has 0 amide bonds. The van der Waals surface area contributed by atoms with Crippen molar-refractivity contribution in [1.82, 2.24) is 14.9 Å². The third-order valence-electron chi connectivity index (χ3n) is 3.86. The van der Waals surface area contributed by atoms with Crippen LogP contribution in [0, 0.1) is 0 Å². The SMILES string of the molecule is CCCc1cc(N2CCN(CC(=O)O)CC2)nc(C(C)C)n1. The summed E-state index contributed by atoms with van der Waals surface area (Å²) in [4.78, 5) is 24.3. The number of anilines is 1. The average molecular weight is 306 g/mol. The van der Waals surface area contributed by atoms with Crippen LogP contribution < -0.4 is 4.90 Å². The molecule has 1 fully saturated rings. The molecule has 0 saturated carbocycles. The van der Waals surface area contributed by atoms with E-state index in [1.54, 1.807) is 0 Å². The highest BCUT2D eigenvalue weighted by Gasteiger charge is 2.21. The van der Waals surface area contributed by atoms with Crippen LogP contribution in [0.25, 0.3) is 0 Å². The number of aryl methyl sites for hydroxylation is 1. The quantitative estimate of drug-likeness (QED) is 0.863. The van der Waals surface area contributed by atoms with E-state index in [1.165, 1.54) is 0 Å². The number of carboxylic acids is 1. The molecule has 1 aliphatic rings. The van der Waals surface area contributed by atoms with Crippen LogP contribution in [0.15, 0.2) is 6.07 Å². The summed E-state index contributed by atoms with van der Waals surface area (Å²) in [6.07, 6.45) is 2.04. The molecule has 0 aliphatic carbocycles. The average Bonchev–Trinajstić information content (AvgIpc) is 2.47. The predicted octanol–water partition coefficient (Wildman–Crippen LogP) is 1.76. The van der Waals surface area contributed by atoms with Gasteiger partial charge in [-0.05, 0) is 6.42 Å². The summed E-state index contributed by atoms with van der Waals surface area (Å²) < 4.78 is 0. The molecule has 1 aliphatic heterocycles. The first-order valence-corrected chi connectivity index (χ1v) is 8.06. The maximum atomic E-state index is 10.8. The molecule has 22 heavy (non-hydrogen) atoms. The summed E-state index contributed by atoms with van der Waals surface area (Å²) in [6.45, 7) is 9.64. The molecule has 0 bridgehead atoms. The molecular weight excluding hydrogens is 280 g/mol. The fourth-order valence-electron chi connectivity index (χ4n) is 2.63. The van der Waals surface area contributed by atoms with E-state index in [0.29, 0.717) is 5.92 Å². The van der Waals surface area contributed by atoms with E-state index < -0.39 is 5.97 Å². The van der Waals surface area contributed by atoms with E-state index >= 15 is 0 Å². The van der Waals surface area contributed by atoms with Crippen LogP contribution in [0.3, 0.4) is 0 Å². The third-order valence-corrected chi connectivity index (χ3v) is 3.86. The standard InChI is InChI=1S/C16H26N4O2/c1-4-5-13-10-14(18-16(17-13)12(2)3)20-8-6-19(7-9-20)11-15(21)22/h10,12H,4-9,11H2,1-3H3,(H,21,22). The largest absolute Gasteiger partial charge is 0.480 e. The molecule has 0 radical (unpaired) electrons. The Balaban J connectivity index is 2.10. The van der Waals surface area contributed by atoms with Crippen molar-refractivity contribution in [3.05, 3.63) is 17.6 Å². The van der Waals surface area contributed by atoms with Crippen molar-refractivity contribution in [3.63, 3.8) is 0 Å². The van der Waals surface area contributed by atoms with E-state index in [2.05, 4.69) is 36.7 Å².